The molecule has 0 unspecified atom stereocenters. The second kappa shape index (κ2) is 9.67. The van der Waals surface area contributed by atoms with Crippen molar-refractivity contribution in [2.75, 3.05) is 17.2 Å². The van der Waals surface area contributed by atoms with Crippen molar-refractivity contribution in [3.63, 3.8) is 0 Å². The van der Waals surface area contributed by atoms with Gasteiger partial charge < -0.3 is 10.6 Å². The second-order valence-corrected chi connectivity index (χ2v) is 7.39. The zero-order valence-corrected chi connectivity index (χ0v) is 18.1. The Balaban J connectivity index is 1.40. The van der Waals surface area contributed by atoms with Crippen LogP contribution in [0, 0.1) is 25.7 Å². The fraction of sp³-hybridized carbons (Fsp3) is 0.111. The summed E-state index contributed by atoms with van der Waals surface area (Å²) in [5.41, 5.74) is 6.05. The maximum Gasteiger partial charge on any atom is 0.243 e. The van der Waals surface area contributed by atoms with Gasteiger partial charge in [-0.2, -0.15) is 5.10 Å². The van der Waals surface area contributed by atoms with Gasteiger partial charge in [0, 0.05) is 16.8 Å². The molecule has 5 heteroatoms. The number of anilines is 2. The van der Waals surface area contributed by atoms with Gasteiger partial charge in [0.1, 0.15) is 0 Å². The van der Waals surface area contributed by atoms with Crippen LogP contribution in [0.15, 0.2) is 84.9 Å². The highest BCUT2D eigenvalue weighted by molar-refractivity contribution is 5.94. The number of nitrogens with zero attached hydrogens (tertiary/aromatic N) is 2. The highest BCUT2D eigenvalue weighted by Crippen LogP contribution is 2.22. The van der Waals surface area contributed by atoms with Gasteiger partial charge in [-0.15, -0.1) is 0 Å². The molecular formula is C27H24N4O. The Morgan fingerprint density at radius 2 is 1.53 bits per heavy atom. The van der Waals surface area contributed by atoms with Gasteiger partial charge in [0.15, 0.2) is 0 Å². The van der Waals surface area contributed by atoms with E-state index in [0.717, 1.165) is 39.6 Å². The molecular weight excluding hydrogens is 396 g/mol. The Labute approximate surface area is 188 Å². The predicted molar refractivity (Wildman–Crippen MR) is 129 cm³/mol. The minimum Gasteiger partial charge on any atom is -0.376 e. The van der Waals surface area contributed by atoms with Crippen LogP contribution in [0.25, 0.3) is 5.69 Å². The number of benzene rings is 3. The van der Waals surface area contributed by atoms with E-state index in [1.807, 2.05) is 103 Å². The number of carbonyl (C=O) groups excluding carboxylic acids is 1. The Morgan fingerprint density at radius 1 is 0.875 bits per heavy atom. The summed E-state index contributed by atoms with van der Waals surface area (Å²) in [4.78, 5) is 12.6. The molecule has 0 saturated heterocycles. The maximum absolute atomic E-state index is 12.6. The Hall–Kier alpha value is -4.30. The van der Waals surface area contributed by atoms with Crippen LogP contribution in [0.5, 0.6) is 0 Å². The number of aryl methyl sites for hydroxylation is 1. The molecule has 0 fully saturated rings. The second-order valence-electron chi connectivity index (χ2n) is 7.39. The van der Waals surface area contributed by atoms with Crippen molar-refractivity contribution >= 4 is 17.3 Å². The standard InChI is InChI=1S/C27H24N4O/c1-20-27(21(2)31(30-20)25-14-7-4-8-15-25)29-26(32)19-28-24-13-9-12-23(18-24)17-16-22-10-5-3-6-11-22/h3-15,18,28H,19H2,1-2H3,(H,29,32). The molecule has 0 atom stereocenters. The van der Waals surface area contributed by atoms with Crippen molar-refractivity contribution in [3.05, 3.63) is 107 Å². The molecule has 1 aromatic heterocycles. The quantitative estimate of drug-likeness (QED) is 0.450. The first kappa shape index (κ1) is 21.0. The van der Waals surface area contributed by atoms with Gasteiger partial charge in [-0.1, -0.05) is 54.3 Å². The van der Waals surface area contributed by atoms with Crippen LogP contribution in [0.1, 0.15) is 22.5 Å². The van der Waals surface area contributed by atoms with Crippen molar-refractivity contribution in [3.8, 4) is 17.5 Å². The number of rotatable bonds is 5. The third-order valence-electron chi connectivity index (χ3n) is 5.00. The minimum absolute atomic E-state index is 0.135. The van der Waals surface area contributed by atoms with Gasteiger partial charge in [-0.3, -0.25) is 4.79 Å². The van der Waals surface area contributed by atoms with Crippen LogP contribution in [-0.4, -0.2) is 22.2 Å². The summed E-state index contributed by atoms with van der Waals surface area (Å²) in [6.07, 6.45) is 0. The largest absolute Gasteiger partial charge is 0.376 e. The van der Waals surface area contributed by atoms with Crippen molar-refractivity contribution in [1.82, 2.24) is 9.78 Å². The van der Waals surface area contributed by atoms with Gasteiger partial charge in [-0.25, -0.2) is 4.68 Å². The normalized spacial score (nSPS) is 10.2. The van der Waals surface area contributed by atoms with Crippen molar-refractivity contribution in [1.29, 1.82) is 0 Å². The Bertz CT molecular complexity index is 1280. The van der Waals surface area contributed by atoms with Crippen LogP contribution in [0.3, 0.4) is 0 Å². The van der Waals surface area contributed by atoms with Gasteiger partial charge in [0.2, 0.25) is 5.91 Å². The molecule has 0 spiro atoms. The molecule has 3 aromatic carbocycles. The summed E-state index contributed by atoms with van der Waals surface area (Å²) in [6.45, 7) is 3.99. The average Bonchev–Trinajstić information content (AvgIpc) is 3.11. The molecule has 1 heterocycles. The van der Waals surface area contributed by atoms with Crippen LogP contribution in [0.2, 0.25) is 0 Å². The SMILES string of the molecule is Cc1nn(-c2ccccc2)c(C)c1NC(=O)CNc1cccc(C#Cc2ccccc2)c1. The molecule has 0 saturated carbocycles. The number of hydrogen-bond donors (Lipinski definition) is 2. The Morgan fingerprint density at radius 3 is 2.28 bits per heavy atom. The molecule has 32 heavy (non-hydrogen) atoms. The van der Waals surface area contributed by atoms with Crippen molar-refractivity contribution < 1.29 is 4.79 Å². The zero-order chi connectivity index (χ0) is 22.3. The van der Waals surface area contributed by atoms with Gasteiger partial charge >= 0.3 is 0 Å². The molecule has 2 N–H and O–H groups in total. The molecule has 0 aliphatic rings. The number of amides is 1. The third kappa shape index (κ3) is 5.05. The summed E-state index contributed by atoms with van der Waals surface area (Å²) >= 11 is 0. The number of carbonyl (C=O) groups is 1. The van der Waals surface area contributed by atoms with Gasteiger partial charge in [-0.05, 0) is 56.3 Å². The van der Waals surface area contributed by atoms with Gasteiger partial charge in [0.05, 0.1) is 29.3 Å². The first-order valence-electron chi connectivity index (χ1n) is 10.4. The maximum atomic E-state index is 12.6. The number of hydrogen-bond acceptors (Lipinski definition) is 3. The van der Waals surface area contributed by atoms with Crippen molar-refractivity contribution in [2.24, 2.45) is 0 Å². The fourth-order valence-electron chi connectivity index (χ4n) is 3.38. The Kier molecular flexibility index (Phi) is 6.33. The van der Waals surface area contributed by atoms with E-state index in [9.17, 15) is 4.79 Å². The van der Waals surface area contributed by atoms with E-state index in [4.69, 9.17) is 0 Å². The van der Waals surface area contributed by atoms with Crippen LogP contribution >= 0.6 is 0 Å². The molecule has 158 valence electrons. The summed E-state index contributed by atoms with van der Waals surface area (Å²) in [5.74, 6) is 6.17. The summed E-state index contributed by atoms with van der Waals surface area (Å²) in [7, 11) is 0. The van der Waals surface area contributed by atoms with E-state index >= 15 is 0 Å². The lowest BCUT2D eigenvalue weighted by Crippen LogP contribution is -2.22. The molecule has 5 nitrogen and oxygen atoms in total. The third-order valence-corrected chi connectivity index (χ3v) is 5.00. The highest BCUT2D eigenvalue weighted by atomic mass is 16.1. The van der Waals surface area contributed by atoms with E-state index < -0.39 is 0 Å². The van der Waals surface area contributed by atoms with Crippen LogP contribution in [-0.2, 0) is 4.79 Å². The number of para-hydroxylation sites is 1. The summed E-state index contributed by atoms with van der Waals surface area (Å²) in [6, 6.07) is 27.5. The van der Waals surface area contributed by atoms with E-state index in [1.54, 1.807) is 0 Å². The smallest absolute Gasteiger partial charge is 0.243 e. The zero-order valence-electron chi connectivity index (χ0n) is 18.1. The molecule has 0 aliphatic carbocycles. The molecule has 4 aromatic rings. The highest BCUT2D eigenvalue weighted by Gasteiger charge is 2.15. The van der Waals surface area contributed by atoms with Crippen molar-refractivity contribution in [2.45, 2.75) is 13.8 Å². The lowest BCUT2D eigenvalue weighted by atomic mass is 10.1. The lowest BCUT2D eigenvalue weighted by molar-refractivity contribution is -0.114. The number of nitrogens with one attached hydrogen (secondary N) is 2. The first-order valence-corrected chi connectivity index (χ1v) is 10.4. The summed E-state index contributed by atoms with van der Waals surface area (Å²) < 4.78 is 1.84. The molecule has 0 radical (unpaired) electrons. The van der Waals surface area contributed by atoms with E-state index in [-0.39, 0.29) is 12.5 Å². The first-order chi connectivity index (χ1) is 15.6. The lowest BCUT2D eigenvalue weighted by Gasteiger charge is -2.09. The van der Waals surface area contributed by atoms with Gasteiger partial charge in [0.25, 0.3) is 0 Å². The van der Waals surface area contributed by atoms with E-state index in [0.29, 0.717) is 0 Å². The van der Waals surface area contributed by atoms with Crippen LogP contribution < -0.4 is 10.6 Å². The average molecular weight is 421 g/mol. The van der Waals surface area contributed by atoms with Crippen LogP contribution in [0.4, 0.5) is 11.4 Å². The fourth-order valence-corrected chi connectivity index (χ4v) is 3.38. The minimum atomic E-state index is -0.135. The monoisotopic (exact) mass is 420 g/mol. The molecule has 0 bridgehead atoms. The van der Waals surface area contributed by atoms with E-state index in [1.165, 1.54) is 0 Å². The topological polar surface area (TPSA) is 59.0 Å². The molecule has 1 amide bonds. The molecule has 0 aliphatic heterocycles. The predicted octanol–water partition coefficient (Wildman–Crippen LogP) is 4.94. The van der Waals surface area contributed by atoms with E-state index in [2.05, 4.69) is 27.6 Å². The number of aromatic nitrogens is 2. The molecule has 4 rings (SSSR count). The summed E-state index contributed by atoms with van der Waals surface area (Å²) in [5, 5.41) is 10.7.